The minimum atomic E-state index is -0.624. The van der Waals surface area contributed by atoms with Crippen LogP contribution in [0.3, 0.4) is 0 Å². The Bertz CT molecular complexity index is 466. The molecule has 0 aliphatic rings. The zero-order chi connectivity index (χ0) is 12.8. The Balaban J connectivity index is 3.13. The van der Waals surface area contributed by atoms with E-state index < -0.39 is 18.4 Å². The van der Waals surface area contributed by atoms with E-state index in [1.165, 1.54) is 6.07 Å². The number of halogens is 1. The van der Waals surface area contributed by atoms with Crippen LogP contribution in [0, 0.1) is 17.1 Å². The standard InChI is InChI=1S/C12H12FNO3/c1-2-17-12(16)5-9-10(7-15)8(6-14)3-4-11(9)13/h3-4,15H,2,5,7H2,1H3. The SMILES string of the molecule is CCOC(=O)Cc1c(F)ccc(C#N)c1CO. The second-order valence-electron chi connectivity index (χ2n) is 3.30. The second-order valence-corrected chi connectivity index (χ2v) is 3.30. The molecule has 1 aromatic rings. The fraction of sp³-hybridized carbons (Fsp3) is 0.333. The van der Waals surface area contributed by atoms with Gasteiger partial charge in [0.2, 0.25) is 0 Å². The van der Waals surface area contributed by atoms with E-state index in [0.29, 0.717) is 0 Å². The number of nitriles is 1. The topological polar surface area (TPSA) is 70.3 Å². The summed E-state index contributed by atoms with van der Waals surface area (Å²) in [5, 5.41) is 17.9. The van der Waals surface area contributed by atoms with Crippen molar-refractivity contribution in [3.05, 3.63) is 34.6 Å². The van der Waals surface area contributed by atoms with Crippen molar-refractivity contribution in [2.45, 2.75) is 20.0 Å². The number of esters is 1. The molecular weight excluding hydrogens is 225 g/mol. The molecule has 0 heterocycles. The first-order valence-corrected chi connectivity index (χ1v) is 5.10. The van der Waals surface area contributed by atoms with Crippen LogP contribution in [0.15, 0.2) is 12.1 Å². The number of aliphatic hydroxyl groups is 1. The summed E-state index contributed by atoms with van der Waals surface area (Å²) >= 11 is 0. The molecule has 0 saturated carbocycles. The van der Waals surface area contributed by atoms with Crippen LogP contribution in [0.4, 0.5) is 4.39 Å². The van der Waals surface area contributed by atoms with Gasteiger partial charge in [0.25, 0.3) is 0 Å². The first kappa shape index (κ1) is 13.1. The van der Waals surface area contributed by atoms with Crippen molar-refractivity contribution < 1.29 is 19.0 Å². The summed E-state index contributed by atoms with van der Waals surface area (Å²) in [4.78, 5) is 11.3. The molecule has 5 heteroatoms. The third-order valence-electron chi connectivity index (χ3n) is 2.28. The highest BCUT2D eigenvalue weighted by Crippen LogP contribution is 2.19. The van der Waals surface area contributed by atoms with Crippen molar-refractivity contribution in [3.63, 3.8) is 0 Å². The minimum Gasteiger partial charge on any atom is -0.466 e. The summed E-state index contributed by atoms with van der Waals surface area (Å²) in [5.41, 5.74) is 0.318. The highest BCUT2D eigenvalue weighted by molar-refractivity contribution is 5.73. The molecule has 4 nitrogen and oxygen atoms in total. The van der Waals surface area contributed by atoms with Gasteiger partial charge in [-0.05, 0) is 19.1 Å². The van der Waals surface area contributed by atoms with Gasteiger partial charge in [-0.25, -0.2) is 4.39 Å². The van der Waals surface area contributed by atoms with E-state index in [4.69, 9.17) is 15.1 Å². The molecule has 0 spiro atoms. The highest BCUT2D eigenvalue weighted by atomic mass is 19.1. The lowest BCUT2D eigenvalue weighted by Gasteiger charge is -2.09. The van der Waals surface area contributed by atoms with E-state index in [9.17, 15) is 9.18 Å². The quantitative estimate of drug-likeness (QED) is 0.801. The van der Waals surface area contributed by atoms with Gasteiger partial charge in [0, 0.05) is 11.1 Å². The summed E-state index contributed by atoms with van der Waals surface area (Å²) in [6, 6.07) is 4.22. The van der Waals surface area contributed by atoms with Crippen molar-refractivity contribution in [2.24, 2.45) is 0 Å². The summed E-state index contributed by atoms with van der Waals surface area (Å²) in [6.07, 6.45) is -0.287. The molecule has 0 unspecified atom stereocenters. The highest BCUT2D eigenvalue weighted by Gasteiger charge is 2.16. The Morgan fingerprint density at radius 3 is 2.76 bits per heavy atom. The van der Waals surface area contributed by atoms with E-state index in [-0.39, 0.29) is 29.7 Å². The van der Waals surface area contributed by atoms with Crippen molar-refractivity contribution in [2.75, 3.05) is 6.61 Å². The summed E-state index contributed by atoms with van der Waals surface area (Å²) in [5.74, 6) is -1.21. The predicted molar refractivity (Wildman–Crippen MR) is 57.4 cm³/mol. The lowest BCUT2D eigenvalue weighted by molar-refractivity contribution is -0.142. The van der Waals surface area contributed by atoms with E-state index in [1.807, 2.05) is 6.07 Å². The van der Waals surface area contributed by atoms with Crippen molar-refractivity contribution in [1.29, 1.82) is 5.26 Å². The number of aliphatic hydroxyl groups excluding tert-OH is 1. The van der Waals surface area contributed by atoms with Crippen LogP contribution in [-0.2, 0) is 22.6 Å². The number of ether oxygens (including phenoxy) is 1. The lowest BCUT2D eigenvalue weighted by Crippen LogP contribution is -2.12. The van der Waals surface area contributed by atoms with Gasteiger partial charge >= 0.3 is 5.97 Å². The van der Waals surface area contributed by atoms with Crippen LogP contribution < -0.4 is 0 Å². The van der Waals surface area contributed by atoms with Gasteiger partial charge in [0.15, 0.2) is 0 Å². The van der Waals surface area contributed by atoms with Crippen molar-refractivity contribution in [3.8, 4) is 6.07 Å². The number of carbonyl (C=O) groups is 1. The smallest absolute Gasteiger partial charge is 0.310 e. The van der Waals surface area contributed by atoms with Crippen LogP contribution >= 0.6 is 0 Å². The van der Waals surface area contributed by atoms with Gasteiger partial charge in [0.05, 0.1) is 31.3 Å². The normalized spacial score (nSPS) is 9.76. The number of benzene rings is 1. The Labute approximate surface area is 98.2 Å². The molecule has 0 atom stereocenters. The molecule has 17 heavy (non-hydrogen) atoms. The molecule has 0 saturated heterocycles. The molecule has 90 valence electrons. The van der Waals surface area contributed by atoms with E-state index >= 15 is 0 Å². The van der Waals surface area contributed by atoms with Gasteiger partial charge in [-0.1, -0.05) is 0 Å². The average Bonchev–Trinajstić information content (AvgIpc) is 2.31. The Kier molecular flexibility index (Phi) is 4.61. The second kappa shape index (κ2) is 5.97. The lowest BCUT2D eigenvalue weighted by atomic mass is 9.99. The van der Waals surface area contributed by atoms with Gasteiger partial charge in [-0.2, -0.15) is 5.26 Å². The molecular formula is C12H12FNO3. The zero-order valence-corrected chi connectivity index (χ0v) is 9.36. The number of hydrogen-bond acceptors (Lipinski definition) is 4. The minimum absolute atomic E-state index is 0.0185. The molecule has 1 N–H and O–H groups in total. The number of nitrogens with zero attached hydrogens (tertiary/aromatic N) is 1. The van der Waals surface area contributed by atoms with Gasteiger partial charge in [-0.3, -0.25) is 4.79 Å². The van der Waals surface area contributed by atoms with Crippen LogP contribution in [-0.4, -0.2) is 17.7 Å². The molecule has 0 radical (unpaired) electrons. The van der Waals surface area contributed by atoms with E-state index in [0.717, 1.165) is 6.07 Å². The third-order valence-corrected chi connectivity index (χ3v) is 2.28. The molecule has 0 aliphatic carbocycles. The van der Waals surface area contributed by atoms with Crippen molar-refractivity contribution >= 4 is 5.97 Å². The Morgan fingerprint density at radius 2 is 2.24 bits per heavy atom. The maximum absolute atomic E-state index is 13.5. The molecule has 0 aliphatic heterocycles. The third kappa shape index (κ3) is 3.02. The molecule has 0 fully saturated rings. The predicted octanol–water partition coefficient (Wildman–Crippen LogP) is 1.30. The Hall–Kier alpha value is -1.93. The molecule has 0 bridgehead atoms. The average molecular weight is 237 g/mol. The van der Waals surface area contributed by atoms with Crippen LogP contribution in [0.5, 0.6) is 0 Å². The molecule has 0 amide bonds. The monoisotopic (exact) mass is 237 g/mol. The molecule has 1 aromatic carbocycles. The number of carbonyl (C=O) groups excluding carboxylic acids is 1. The van der Waals surface area contributed by atoms with Gasteiger partial charge < -0.3 is 9.84 Å². The maximum Gasteiger partial charge on any atom is 0.310 e. The zero-order valence-electron chi connectivity index (χ0n) is 9.36. The van der Waals surface area contributed by atoms with Crippen LogP contribution in [0.2, 0.25) is 0 Å². The number of rotatable bonds is 4. The first-order chi connectivity index (χ1) is 8.13. The van der Waals surface area contributed by atoms with Gasteiger partial charge in [-0.15, -0.1) is 0 Å². The fourth-order valence-electron chi connectivity index (χ4n) is 1.50. The van der Waals surface area contributed by atoms with E-state index in [1.54, 1.807) is 6.92 Å². The maximum atomic E-state index is 13.5. The first-order valence-electron chi connectivity index (χ1n) is 5.10. The summed E-state index contributed by atoms with van der Waals surface area (Å²) in [6.45, 7) is 1.36. The fourth-order valence-corrected chi connectivity index (χ4v) is 1.50. The Morgan fingerprint density at radius 1 is 1.53 bits per heavy atom. The van der Waals surface area contributed by atoms with Crippen LogP contribution in [0.25, 0.3) is 0 Å². The van der Waals surface area contributed by atoms with Crippen molar-refractivity contribution in [1.82, 2.24) is 0 Å². The van der Waals surface area contributed by atoms with Gasteiger partial charge in [0.1, 0.15) is 5.82 Å². The summed E-state index contributed by atoms with van der Waals surface area (Å²) in [7, 11) is 0. The summed E-state index contributed by atoms with van der Waals surface area (Å²) < 4.78 is 18.2. The van der Waals surface area contributed by atoms with Crippen LogP contribution in [0.1, 0.15) is 23.6 Å². The van der Waals surface area contributed by atoms with E-state index in [2.05, 4.69) is 0 Å². The molecule has 1 rings (SSSR count). The molecule has 0 aromatic heterocycles. The number of hydrogen-bond donors (Lipinski definition) is 1. The largest absolute Gasteiger partial charge is 0.466 e.